The van der Waals surface area contributed by atoms with E-state index in [9.17, 15) is 9.59 Å². The van der Waals surface area contributed by atoms with Crippen molar-refractivity contribution in [1.82, 2.24) is 25.0 Å². The number of rotatable bonds is 4. The van der Waals surface area contributed by atoms with E-state index in [1.165, 1.54) is 6.26 Å². The molecule has 1 aromatic carbocycles. The van der Waals surface area contributed by atoms with Gasteiger partial charge in [-0.2, -0.15) is 0 Å². The quantitative estimate of drug-likeness (QED) is 0.756. The molecule has 1 aliphatic heterocycles. The smallest absolute Gasteiger partial charge is 0.289 e. The largest absolute Gasteiger partial charge is 0.459 e. The van der Waals surface area contributed by atoms with Gasteiger partial charge >= 0.3 is 0 Å². The van der Waals surface area contributed by atoms with Crippen molar-refractivity contribution in [2.24, 2.45) is 0 Å². The molecule has 138 valence electrons. The summed E-state index contributed by atoms with van der Waals surface area (Å²) in [6.45, 7) is 1.94. The molecule has 0 spiro atoms. The predicted molar refractivity (Wildman–Crippen MR) is 95.9 cm³/mol. The molecule has 8 heteroatoms. The number of aromatic nitrogens is 3. The number of hydrogen-bond acceptors (Lipinski definition) is 5. The van der Waals surface area contributed by atoms with E-state index in [1.807, 2.05) is 22.8 Å². The Morgan fingerprint density at radius 1 is 1.04 bits per heavy atom. The van der Waals surface area contributed by atoms with E-state index in [2.05, 4.69) is 15.5 Å². The zero-order valence-electron chi connectivity index (χ0n) is 14.7. The molecule has 0 fully saturated rings. The van der Waals surface area contributed by atoms with Crippen LogP contribution < -0.4 is 5.32 Å². The molecular formula is C19H19N5O3. The molecule has 1 aliphatic rings. The number of furan rings is 1. The predicted octanol–water partition coefficient (Wildman–Crippen LogP) is 1.50. The maximum absolute atomic E-state index is 12.5. The molecule has 3 heterocycles. The number of nitrogens with one attached hydrogen (secondary N) is 1. The SMILES string of the molecule is O=C(NCc1nnc2n1CCN(C(=O)c1ccco1)CC2)c1ccccc1. The van der Waals surface area contributed by atoms with E-state index in [0.29, 0.717) is 43.2 Å². The molecular weight excluding hydrogens is 346 g/mol. The van der Waals surface area contributed by atoms with Crippen LogP contribution in [0.4, 0.5) is 0 Å². The third-order valence-corrected chi connectivity index (χ3v) is 4.57. The van der Waals surface area contributed by atoms with Crippen molar-refractivity contribution in [1.29, 1.82) is 0 Å². The molecule has 0 aliphatic carbocycles. The van der Waals surface area contributed by atoms with Crippen LogP contribution in [0.5, 0.6) is 0 Å². The van der Waals surface area contributed by atoms with Gasteiger partial charge in [-0.25, -0.2) is 0 Å². The van der Waals surface area contributed by atoms with E-state index in [4.69, 9.17) is 4.42 Å². The summed E-state index contributed by atoms with van der Waals surface area (Å²) in [6.07, 6.45) is 2.10. The van der Waals surface area contributed by atoms with Gasteiger partial charge in [0.2, 0.25) is 0 Å². The Morgan fingerprint density at radius 3 is 2.67 bits per heavy atom. The highest BCUT2D eigenvalue weighted by atomic mass is 16.3. The molecule has 4 rings (SSSR count). The molecule has 8 nitrogen and oxygen atoms in total. The molecule has 0 atom stereocenters. The lowest BCUT2D eigenvalue weighted by Gasteiger charge is -2.18. The van der Waals surface area contributed by atoms with Crippen LogP contribution in [0.25, 0.3) is 0 Å². The summed E-state index contributed by atoms with van der Waals surface area (Å²) in [5.41, 5.74) is 0.600. The van der Waals surface area contributed by atoms with Crippen LogP contribution >= 0.6 is 0 Å². The first kappa shape index (κ1) is 17.0. The highest BCUT2D eigenvalue weighted by Gasteiger charge is 2.24. The number of nitrogens with zero attached hydrogens (tertiary/aromatic N) is 4. The lowest BCUT2D eigenvalue weighted by molar-refractivity contribution is 0.0726. The Bertz CT molecular complexity index is 934. The minimum atomic E-state index is -0.156. The number of benzene rings is 1. The lowest BCUT2D eigenvalue weighted by Crippen LogP contribution is -2.33. The zero-order chi connectivity index (χ0) is 18.6. The molecule has 0 radical (unpaired) electrons. The Balaban J connectivity index is 1.41. The fourth-order valence-electron chi connectivity index (χ4n) is 3.12. The minimum absolute atomic E-state index is 0.127. The van der Waals surface area contributed by atoms with Crippen LogP contribution in [0.2, 0.25) is 0 Å². The number of fused-ring (bicyclic) bond motifs is 1. The average Bonchev–Trinajstić information content (AvgIpc) is 3.32. The third-order valence-electron chi connectivity index (χ3n) is 4.57. The second-order valence-electron chi connectivity index (χ2n) is 6.25. The molecule has 2 amide bonds. The van der Waals surface area contributed by atoms with Crippen LogP contribution in [0.3, 0.4) is 0 Å². The molecule has 0 unspecified atom stereocenters. The first-order valence-electron chi connectivity index (χ1n) is 8.79. The topological polar surface area (TPSA) is 93.3 Å². The van der Waals surface area contributed by atoms with Gasteiger partial charge in [-0.1, -0.05) is 18.2 Å². The molecule has 27 heavy (non-hydrogen) atoms. The first-order chi connectivity index (χ1) is 13.2. The highest BCUT2D eigenvalue weighted by Crippen LogP contribution is 2.13. The van der Waals surface area contributed by atoms with Crippen molar-refractivity contribution in [2.45, 2.75) is 19.5 Å². The summed E-state index contributed by atoms with van der Waals surface area (Å²) in [6, 6.07) is 12.4. The van der Waals surface area contributed by atoms with Gasteiger partial charge in [0.15, 0.2) is 11.6 Å². The fraction of sp³-hybridized carbons (Fsp3) is 0.263. The maximum atomic E-state index is 12.5. The van der Waals surface area contributed by atoms with Crippen LogP contribution in [0, 0.1) is 0 Å². The molecule has 0 saturated heterocycles. The second-order valence-corrected chi connectivity index (χ2v) is 6.25. The normalized spacial score (nSPS) is 13.7. The molecule has 0 saturated carbocycles. The highest BCUT2D eigenvalue weighted by molar-refractivity contribution is 5.94. The van der Waals surface area contributed by atoms with Gasteiger partial charge < -0.3 is 19.2 Å². The minimum Gasteiger partial charge on any atom is -0.459 e. The van der Waals surface area contributed by atoms with E-state index < -0.39 is 0 Å². The molecule has 2 aromatic heterocycles. The van der Waals surface area contributed by atoms with Crippen molar-refractivity contribution in [2.75, 3.05) is 13.1 Å². The Labute approximate surface area is 155 Å². The van der Waals surface area contributed by atoms with Gasteiger partial charge in [-0.05, 0) is 24.3 Å². The van der Waals surface area contributed by atoms with Crippen molar-refractivity contribution >= 4 is 11.8 Å². The van der Waals surface area contributed by atoms with Crippen LogP contribution in [0.1, 0.15) is 32.6 Å². The Morgan fingerprint density at radius 2 is 1.89 bits per heavy atom. The summed E-state index contributed by atoms with van der Waals surface area (Å²) >= 11 is 0. The number of amides is 2. The first-order valence-corrected chi connectivity index (χ1v) is 8.79. The maximum Gasteiger partial charge on any atom is 0.289 e. The Hall–Kier alpha value is -3.42. The van der Waals surface area contributed by atoms with E-state index in [-0.39, 0.29) is 18.4 Å². The summed E-state index contributed by atoms with van der Waals surface area (Å²) in [5, 5.41) is 11.3. The van der Waals surface area contributed by atoms with Gasteiger partial charge in [-0.15, -0.1) is 10.2 Å². The van der Waals surface area contributed by atoms with Crippen LogP contribution in [0.15, 0.2) is 53.1 Å². The summed E-state index contributed by atoms with van der Waals surface area (Å²) in [5.74, 6) is 1.55. The molecule has 1 N–H and O–H groups in total. The summed E-state index contributed by atoms with van der Waals surface area (Å²) in [7, 11) is 0. The fourth-order valence-corrected chi connectivity index (χ4v) is 3.12. The van der Waals surface area contributed by atoms with Crippen molar-refractivity contribution in [3.63, 3.8) is 0 Å². The van der Waals surface area contributed by atoms with Crippen LogP contribution in [-0.2, 0) is 19.5 Å². The number of hydrogen-bond donors (Lipinski definition) is 1. The van der Waals surface area contributed by atoms with Gasteiger partial charge in [0.05, 0.1) is 12.8 Å². The number of carbonyl (C=O) groups excluding carboxylic acids is 2. The van der Waals surface area contributed by atoms with E-state index in [1.54, 1.807) is 29.2 Å². The van der Waals surface area contributed by atoms with Crippen molar-refractivity contribution < 1.29 is 14.0 Å². The summed E-state index contributed by atoms with van der Waals surface area (Å²) < 4.78 is 7.18. The van der Waals surface area contributed by atoms with Gasteiger partial charge in [0, 0.05) is 31.6 Å². The number of carbonyl (C=O) groups is 2. The molecule has 0 bridgehead atoms. The Kier molecular flexibility index (Phi) is 4.69. The van der Waals surface area contributed by atoms with E-state index in [0.717, 1.165) is 5.82 Å². The van der Waals surface area contributed by atoms with Crippen molar-refractivity contribution in [3.8, 4) is 0 Å². The molecule has 3 aromatic rings. The van der Waals surface area contributed by atoms with Gasteiger partial charge in [0.1, 0.15) is 5.82 Å². The monoisotopic (exact) mass is 365 g/mol. The lowest BCUT2D eigenvalue weighted by atomic mass is 10.2. The zero-order valence-corrected chi connectivity index (χ0v) is 14.7. The summed E-state index contributed by atoms with van der Waals surface area (Å²) in [4.78, 5) is 26.4. The van der Waals surface area contributed by atoms with E-state index >= 15 is 0 Å². The third kappa shape index (κ3) is 3.59. The van der Waals surface area contributed by atoms with Crippen molar-refractivity contribution in [3.05, 3.63) is 71.7 Å². The standard InChI is InChI=1S/C19H19N5O3/c25-18(14-5-2-1-3-6-14)20-13-17-22-21-16-8-9-23(10-11-24(16)17)19(26)15-7-4-12-27-15/h1-7,12H,8-11,13H2,(H,20,25). The van der Waals surface area contributed by atoms with Gasteiger partial charge in [0.25, 0.3) is 11.8 Å². The average molecular weight is 365 g/mol. The van der Waals surface area contributed by atoms with Crippen LogP contribution in [-0.4, -0.2) is 44.6 Å². The van der Waals surface area contributed by atoms with Gasteiger partial charge in [-0.3, -0.25) is 9.59 Å². The second kappa shape index (κ2) is 7.45.